The monoisotopic (exact) mass is 207 g/mol. The Morgan fingerprint density at radius 2 is 2.13 bits per heavy atom. The summed E-state index contributed by atoms with van der Waals surface area (Å²) >= 11 is 0. The second-order valence-corrected chi connectivity index (χ2v) is 3.36. The molecule has 1 aromatic carbocycles. The van der Waals surface area contributed by atoms with E-state index in [1.165, 1.54) is 13.2 Å². The van der Waals surface area contributed by atoms with Gasteiger partial charge in [-0.15, -0.1) is 0 Å². The minimum atomic E-state index is -0.454. The van der Waals surface area contributed by atoms with Crippen molar-refractivity contribution in [2.45, 2.75) is 6.92 Å². The number of fused-ring (bicyclic) bond motifs is 1. The lowest BCUT2D eigenvalue weighted by molar-refractivity contribution is 0.0595. The lowest BCUT2D eigenvalue weighted by atomic mass is 10.2. The van der Waals surface area contributed by atoms with Crippen LogP contribution in [0.15, 0.2) is 18.2 Å². The molecule has 0 spiro atoms. The first-order chi connectivity index (χ1) is 7.11. The molecule has 0 fully saturated rings. The summed E-state index contributed by atoms with van der Waals surface area (Å²) < 4.78 is 17.8. The van der Waals surface area contributed by atoms with Crippen LogP contribution in [0, 0.1) is 12.7 Å². The molecular weight excluding hydrogens is 197 g/mol. The molecule has 1 N–H and O–H groups in total. The minimum absolute atomic E-state index is 0.280. The average molecular weight is 207 g/mol. The number of hydrogen-bond acceptors (Lipinski definition) is 2. The first kappa shape index (κ1) is 9.71. The number of benzene rings is 1. The molecule has 3 nitrogen and oxygen atoms in total. The lowest BCUT2D eigenvalue weighted by Crippen LogP contribution is -2.00. The smallest absolute Gasteiger partial charge is 0.354 e. The van der Waals surface area contributed by atoms with Gasteiger partial charge in [0, 0.05) is 10.9 Å². The number of nitrogens with one attached hydrogen (secondary N) is 1. The fraction of sp³-hybridized carbons (Fsp3) is 0.182. The van der Waals surface area contributed by atoms with Crippen LogP contribution in [0.1, 0.15) is 16.1 Å². The van der Waals surface area contributed by atoms with Crippen LogP contribution in [-0.2, 0) is 4.74 Å². The number of aromatic amines is 1. The molecule has 2 aromatic rings. The predicted octanol–water partition coefficient (Wildman–Crippen LogP) is 2.40. The summed E-state index contributed by atoms with van der Waals surface area (Å²) in [5.41, 5.74) is 1.60. The molecule has 0 radical (unpaired) electrons. The molecule has 0 amide bonds. The number of ether oxygens (including phenoxy) is 1. The van der Waals surface area contributed by atoms with Crippen molar-refractivity contribution in [1.82, 2.24) is 4.98 Å². The summed E-state index contributed by atoms with van der Waals surface area (Å²) in [5, 5.41) is 0.665. The van der Waals surface area contributed by atoms with Gasteiger partial charge in [0.2, 0.25) is 0 Å². The van der Waals surface area contributed by atoms with Gasteiger partial charge in [0.15, 0.2) is 0 Å². The number of halogens is 1. The molecule has 0 aliphatic heterocycles. The van der Waals surface area contributed by atoms with E-state index in [9.17, 15) is 9.18 Å². The average Bonchev–Trinajstić information content (AvgIpc) is 2.60. The molecule has 0 aliphatic rings. The zero-order valence-electron chi connectivity index (χ0n) is 8.43. The van der Waals surface area contributed by atoms with Gasteiger partial charge in [0.05, 0.1) is 7.11 Å². The topological polar surface area (TPSA) is 42.1 Å². The molecule has 4 heteroatoms. The van der Waals surface area contributed by atoms with Crippen LogP contribution in [0.2, 0.25) is 0 Å². The minimum Gasteiger partial charge on any atom is -0.464 e. The van der Waals surface area contributed by atoms with E-state index >= 15 is 0 Å². The molecule has 0 bridgehead atoms. The van der Waals surface area contributed by atoms with E-state index in [1.807, 2.05) is 0 Å². The van der Waals surface area contributed by atoms with Gasteiger partial charge >= 0.3 is 5.97 Å². The van der Waals surface area contributed by atoms with Crippen LogP contribution in [0.5, 0.6) is 0 Å². The molecule has 0 saturated carbocycles. The predicted molar refractivity (Wildman–Crippen MR) is 54.3 cm³/mol. The number of esters is 1. The Morgan fingerprint density at radius 1 is 1.40 bits per heavy atom. The van der Waals surface area contributed by atoms with Crippen molar-refractivity contribution in [1.29, 1.82) is 0 Å². The van der Waals surface area contributed by atoms with Gasteiger partial charge in [-0.05, 0) is 30.7 Å². The van der Waals surface area contributed by atoms with Crippen LogP contribution >= 0.6 is 0 Å². The second-order valence-electron chi connectivity index (χ2n) is 3.36. The zero-order valence-corrected chi connectivity index (χ0v) is 8.43. The van der Waals surface area contributed by atoms with Crippen molar-refractivity contribution in [2.24, 2.45) is 0 Å². The Labute approximate surface area is 85.9 Å². The molecular formula is C11H10FNO2. The van der Waals surface area contributed by atoms with E-state index in [4.69, 9.17) is 0 Å². The largest absolute Gasteiger partial charge is 0.464 e. The van der Waals surface area contributed by atoms with E-state index in [0.717, 1.165) is 5.52 Å². The van der Waals surface area contributed by atoms with E-state index in [0.29, 0.717) is 16.6 Å². The maximum absolute atomic E-state index is 13.2. The Hall–Kier alpha value is -1.84. The van der Waals surface area contributed by atoms with E-state index in [-0.39, 0.29) is 5.82 Å². The van der Waals surface area contributed by atoms with Crippen molar-refractivity contribution >= 4 is 16.9 Å². The van der Waals surface area contributed by atoms with Crippen LogP contribution in [0.4, 0.5) is 4.39 Å². The fourth-order valence-corrected chi connectivity index (χ4v) is 1.48. The quantitative estimate of drug-likeness (QED) is 0.729. The van der Waals surface area contributed by atoms with Gasteiger partial charge in [-0.2, -0.15) is 0 Å². The molecule has 2 rings (SSSR count). The normalized spacial score (nSPS) is 10.6. The molecule has 0 atom stereocenters. The van der Waals surface area contributed by atoms with Gasteiger partial charge in [-0.25, -0.2) is 9.18 Å². The Balaban J connectivity index is 2.61. The SMILES string of the molecule is COC(=O)c1cc2cc(F)c(C)cc2[nH]1. The standard InChI is InChI=1S/C11H10FNO2/c1-6-3-9-7(4-8(6)12)5-10(13-9)11(14)15-2/h3-5,13H,1-2H3. The summed E-state index contributed by atoms with van der Waals surface area (Å²) in [4.78, 5) is 14.1. The first-order valence-corrected chi connectivity index (χ1v) is 4.49. The van der Waals surface area contributed by atoms with Gasteiger partial charge in [0.25, 0.3) is 0 Å². The summed E-state index contributed by atoms with van der Waals surface area (Å²) in [7, 11) is 1.31. The number of aromatic nitrogens is 1. The number of H-pyrrole nitrogens is 1. The van der Waals surface area contributed by atoms with Crippen molar-refractivity contribution in [2.75, 3.05) is 7.11 Å². The fourth-order valence-electron chi connectivity index (χ4n) is 1.48. The number of carbonyl (C=O) groups excluding carboxylic acids is 1. The van der Waals surface area contributed by atoms with Crippen LogP contribution in [-0.4, -0.2) is 18.1 Å². The van der Waals surface area contributed by atoms with Crippen molar-refractivity contribution in [3.05, 3.63) is 35.3 Å². The molecule has 0 aliphatic carbocycles. The number of rotatable bonds is 1. The lowest BCUT2D eigenvalue weighted by Gasteiger charge is -1.95. The Morgan fingerprint density at radius 3 is 2.80 bits per heavy atom. The molecule has 78 valence electrons. The zero-order chi connectivity index (χ0) is 11.0. The highest BCUT2D eigenvalue weighted by atomic mass is 19.1. The van der Waals surface area contributed by atoms with Gasteiger partial charge in [-0.1, -0.05) is 0 Å². The summed E-state index contributed by atoms with van der Waals surface area (Å²) in [6.07, 6.45) is 0. The third kappa shape index (κ3) is 1.58. The van der Waals surface area contributed by atoms with E-state index in [1.54, 1.807) is 19.1 Å². The van der Waals surface area contributed by atoms with Crippen LogP contribution in [0.25, 0.3) is 10.9 Å². The summed E-state index contributed by atoms with van der Waals surface area (Å²) in [6.45, 7) is 1.67. The van der Waals surface area contributed by atoms with Gasteiger partial charge < -0.3 is 9.72 Å². The number of hydrogen-bond donors (Lipinski definition) is 1. The second kappa shape index (κ2) is 3.38. The highest BCUT2D eigenvalue weighted by molar-refractivity contribution is 5.94. The maximum atomic E-state index is 13.2. The van der Waals surface area contributed by atoms with Gasteiger partial charge in [0.1, 0.15) is 11.5 Å². The van der Waals surface area contributed by atoms with E-state index < -0.39 is 5.97 Å². The molecule has 1 heterocycles. The maximum Gasteiger partial charge on any atom is 0.354 e. The number of methoxy groups -OCH3 is 1. The molecule has 15 heavy (non-hydrogen) atoms. The Bertz CT molecular complexity index is 492. The van der Waals surface area contributed by atoms with Gasteiger partial charge in [-0.3, -0.25) is 0 Å². The molecule has 0 unspecified atom stereocenters. The number of carbonyl (C=O) groups is 1. The summed E-state index contributed by atoms with van der Waals surface area (Å²) in [6, 6.07) is 4.63. The van der Waals surface area contributed by atoms with Crippen molar-refractivity contribution in [3.8, 4) is 0 Å². The third-order valence-electron chi connectivity index (χ3n) is 2.31. The van der Waals surface area contributed by atoms with E-state index in [2.05, 4.69) is 9.72 Å². The van der Waals surface area contributed by atoms with Crippen molar-refractivity contribution in [3.63, 3.8) is 0 Å². The summed E-state index contributed by atoms with van der Waals surface area (Å²) in [5.74, 6) is -0.734. The molecule has 0 saturated heterocycles. The van der Waals surface area contributed by atoms with Crippen LogP contribution in [0.3, 0.4) is 0 Å². The first-order valence-electron chi connectivity index (χ1n) is 4.49. The van der Waals surface area contributed by atoms with Crippen molar-refractivity contribution < 1.29 is 13.9 Å². The van der Waals surface area contributed by atoms with Crippen LogP contribution < -0.4 is 0 Å². The number of aryl methyl sites for hydroxylation is 1. The third-order valence-corrected chi connectivity index (χ3v) is 2.31. The molecule has 1 aromatic heterocycles. The highest BCUT2D eigenvalue weighted by Gasteiger charge is 2.10. The highest BCUT2D eigenvalue weighted by Crippen LogP contribution is 2.19. The Kier molecular flexibility index (Phi) is 2.19.